The third kappa shape index (κ3) is 4.90. The van der Waals surface area contributed by atoms with Gasteiger partial charge in [-0.15, -0.1) is 0 Å². The minimum atomic E-state index is -1.03. The summed E-state index contributed by atoms with van der Waals surface area (Å²) in [5, 5.41) is 5.13. The lowest BCUT2D eigenvalue weighted by Crippen LogP contribution is -2.21. The predicted molar refractivity (Wildman–Crippen MR) is 100 cm³/mol. The number of benzene rings is 2. The zero-order valence-electron chi connectivity index (χ0n) is 14.9. The van der Waals surface area contributed by atoms with Gasteiger partial charge in [-0.25, -0.2) is 8.78 Å². The van der Waals surface area contributed by atoms with Gasteiger partial charge in [-0.1, -0.05) is 18.2 Å². The van der Waals surface area contributed by atoms with Gasteiger partial charge >= 0.3 is 0 Å². The van der Waals surface area contributed by atoms with Gasteiger partial charge in [0.05, 0.1) is 5.69 Å². The maximum atomic E-state index is 13.7. The Morgan fingerprint density at radius 1 is 1.07 bits per heavy atom. The van der Waals surface area contributed by atoms with Crippen molar-refractivity contribution in [2.24, 2.45) is 5.92 Å². The number of amides is 2. The van der Waals surface area contributed by atoms with Gasteiger partial charge in [0.15, 0.2) is 11.6 Å². The molecule has 0 radical (unpaired) electrons. The molecule has 0 spiro atoms. The molecule has 0 saturated heterocycles. The molecule has 2 amide bonds. The first-order chi connectivity index (χ1) is 13.1. The molecule has 2 aromatic rings. The summed E-state index contributed by atoms with van der Waals surface area (Å²) in [7, 11) is 0. The number of hydrogen-bond acceptors (Lipinski definition) is 2. The zero-order chi connectivity index (χ0) is 19.2. The van der Waals surface area contributed by atoms with Crippen molar-refractivity contribution in [1.29, 1.82) is 0 Å². The molecule has 142 valence electrons. The highest BCUT2D eigenvalue weighted by atomic mass is 19.2. The molecule has 1 aliphatic carbocycles. The quantitative estimate of drug-likeness (QED) is 0.713. The SMILES string of the molecule is O=CNc1cccc(C2CCC(CC(=O)Nc3cccc(F)c3F)CC2)c1. The number of rotatable bonds is 6. The zero-order valence-corrected chi connectivity index (χ0v) is 14.9. The average molecular weight is 372 g/mol. The fraction of sp³-hybridized carbons (Fsp3) is 0.333. The Balaban J connectivity index is 1.52. The van der Waals surface area contributed by atoms with Gasteiger partial charge in [0.1, 0.15) is 0 Å². The van der Waals surface area contributed by atoms with Crippen molar-refractivity contribution in [3.05, 3.63) is 59.7 Å². The molecule has 0 bridgehead atoms. The van der Waals surface area contributed by atoms with Gasteiger partial charge < -0.3 is 10.6 Å². The van der Waals surface area contributed by atoms with Crippen molar-refractivity contribution in [1.82, 2.24) is 0 Å². The van der Waals surface area contributed by atoms with E-state index in [9.17, 15) is 18.4 Å². The van der Waals surface area contributed by atoms with Crippen molar-refractivity contribution >= 4 is 23.7 Å². The molecule has 6 heteroatoms. The van der Waals surface area contributed by atoms with Crippen LogP contribution in [0, 0.1) is 17.6 Å². The molecule has 0 aromatic heterocycles. The summed E-state index contributed by atoms with van der Waals surface area (Å²) in [5.74, 6) is -1.66. The summed E-state index contributed by atoms with van der Waals surface area (Å²) in [6.07, 6.45) is 4.67. The summed E-state index contributed by atoms with van der Waals surface area (Å²) in [6.45, 7) is 0. The normalized spacial score (nSPS) is 19.3. The molecule has 2 aromatic carbocycles. The lowest BCUT2D eigenvalue weighted by atomic mass is 9.77. The molecule has 0 atom stereocenters. The van der Waals surface area contributed by atoms with Gasteiger partial charge in [0.25, 0.3) is 0 Å². The second-order valence-electron chi connectivity index (χ2n) is 6.96. The number of nitrogens with one attached hydrogen (secondary N) is 2. The molecule has 0 aliphatic heterocycles. The monoisotopic (exact) mass is 372 g/mol. The predicted octanol–water partition coefficient (Wildman–Crippen LogP) is 4.84. The Morgan fingerprint density at radius 3 is 2.56 bits per heavy atom. The van der Waals surface area contributed by atoms with Crippen molar-refractivity contribution in [3.63, 3.8) is 0 Å². The van der Waals surface area contributed by atoms with E-state index in [1.807, 2.05) is 18.2 Å². The number of halogens is 2. The Morgan fingerprint density at radius 2 is 1.81 bits per heavy atom. The van der Waals surface area contributed by atoms with Crippen molar-refractivity contribution in [2.75, 3.05) is 10.6 Å². The fourth-order valence-electron chi connectivity index (χ4n) is 3.71. The first-order valence-corrected chi connectivity index (χ1v) is 9.11. The Bertz CT molecular complexity index is 818. The number of hydrogen-bond donors (Lipinski definition) is 2. The molecule has 0 unspecified atom stereocenters. The number of anilines is 2. The van der Waals surface area contributed by atoms with Crippen molar-refractivity contribution in [2.45, 2.75) is 38.0 Å². The second kappa shape index (κ2) is 8.75. The molecular formula is C21H22F2N2O2. The molecule has 3 rings (SSSR count). The Kier molecular flexibility index (Phi) is 6.16. The molecular weight excluding hydrogens is 350 g/mol. The van der Waals surface area contributed by atoms with Crippen LogP contribution in [0.1, 0.15) is 43.6 Å². The largest absolute Gasteiger partial charge is 0.329 e. The Labute approximate surface area is 157 Å². The van der Waals surface area contributed by atoms with Gasteiger partial charge in [-0.3, -0.25) is 9.59 Å². The summed E-state index contributed by atoms with van der Waals surface area (Å²) in [4.78, 5) is 22.8. The minimum Gasteiger partial charge on any atom is -0.329 e. The van der Waals surface area contributed by atoms with Crippen LogP contribution in [0.2, 0.25) is 0 Å². The highest BCUT2D eigenvalue weighted by molar-refractivity contribution is 5.91. The minimum absolute atomic E-state index is 0.117. The molecule has 2 N–H and O–H groups in total. The van der Waals surface area contributed by atoms with E-state index in [1.54, 1.807) is 0 Å². The Hall–Kier alpha value is -2.76. The summed E-state index contributed by atoms with van der Waals surface area (Å²) in [5.41, 5.74) is 1.85. The number of carbonyl (C=O) groups is 2. The molecule has 1 aliphatic rings. The summed E-state index contributed by atoms with van der Waals surface area (Å²) in [6, 6.07) is 11.6. The summed E-state index contributed by atoms with van der Waals surface area (Å²) >= 11 is 0. The van der Waals surface area contributed by atoms with E-state index in [-0.39, 0.29) is 17.5 Å². The summed E-state index contributed by atoms with van der Waals surface area (Å²) < 4.78 is 26.9. The molecule has 27 heavy (non-hydrogen) atoms. The van der Waals surface area contributed by atoms with E-state index in [0.29, 0.717) is 18.7 Å². The standard InChI is InChI=1S/C21H22F2N2O2/c22-18-5-2-6-19(21(18)23)25-20(27)11-14-7-9-15(10-8-14)16-3-1-4-17(12-16)24-13-26/h1-6,12-15H,7-11H2,(H,24,26)(H,25,27). The second-order valence-corrected chi connectivity index (χ2v) is 6.96. The van der Waals surface area contributed by atoms with E-state index in [0.717, 1.165) is 37.4 Å². The van der Waals surface area contributed by atoms with Crippen LogP contribution < -0.4 is 10.6 Å². The smallest absolute Gasteiger partial charge is 0.224 e. The van der Waals surface area contributed by atoms with E-state index < -0.39 is 11.6 Å². The van der Waals surface area contributed by atoms with E-state index in [2.05, 4.69) is 16.7 Å². The molecule has 1 saturated carbocycles. The highest BCUT2D eigenvalue weighted by Crippen LogP contribution is 2.37. The molecule has 0 heterocycles. The fourth-order valence-corrected chi connectivity index (χ4v) is 3.71. The van der Waals surface area contributed by atoms with Gasteiger partial charge in [-0.05, 0) is 67.3 Å². The topological polar surface area (TPSA) is 58.2 Å². The van der Waals surface area contributed by atoms with Crippen LogP contribution in [-0.2, 0) is 9.59 Å². The third-order valence-electron chi connectivity index (χ3n) is 5.13. The van der Waals surface area contributed by atoms with Gasteiger partial charge in [0, 0.05) is 12.1 Å². The van der Waals surface area contributed by atoms with E-state index >= 15 is 0 Å². The van der Waals surface area contributed by atoms with Crippen LogP contribution in [0.5, 0.6) is 0 Å². The van der Waals surface area contributed by atoms with Crippen LogP contribution in [-0.4, -0.2) is 12.3 Å². The van der Waals surface area contributed by atoms with Crippen LogP contribution in [0.4, 0.5) is 20.2 Å². The lowest BCUT2D eigenvalue weighted by Gasteiger charge is -2.28. The van der Waals surface area contributed by atoms with E-state index in [1.165, 1.54) is 17.7 Å². The highest BCUT2D eigenvalue weighted by Gasteiger charge is 2.24. The van der Waals surface area contributed by atoms with Crippen molar-refractivity contribution < 1.29 is 18.4 Å². The van der Waals surface area contributed by atoms with Crippen LogP contribution in [0.25, 0.3) is 0 Å². The van der Waals surface area contributed by atoms with Crippen LogP contribution in [0.3, 0.4) is 0 Å². The maximum absolute atomic E-state index is 13.7. The molecule has 4 nitrogen and oxygen atoms in total. The van der Waals surface area contributed by atoms with Gasteiger partial charge in [0.2, 0.25) is 12.3 Å². The number of carbonyl (C=O) groups excluding carboxylic acids is 2. The van der Waals surface area contributed by atoms with Crippen LogP contribution >= 0.6 is 0 Å². The van der Waals surface area contributed by atoms with E-state index in [4.69, 9.17) is 0 Å². The third-order valence-corrected chi connectivity index (χ3v) is 5.13. The van der Waals surface area contributed by atoms with Crippen LogP contribution in [0.15, 0.2) is 42.5 Å². The van der Waals surface area contributed by atoms with Crippen molar-refractivity contribution in [3.8, 4) is 0 Å². The lowest BCUT2D eigenvalue weighted by molar-refractivity contribution is -0.117. The maximum Gasteiger partial charge on any atom is 0.224 e. The first-order valence-electron chi connectivity index (χ1n) is 9.11. The molecule has 1 fully saturated rings. The average Bonchev–Trinajstić information content (AvgIpc) is 2.66. The first kappa shape index (κ1) is 19.0. The van der Waals surface area contributed by atoms with Gasteiger partial charge in [-0.2, -0.15) is 0 Å².